The maximum absolute atomic E-state index is 6.06. The van der Waals surface area contributed by atoms with E-state index in [9.17, 15) is 0 Å². The first-order valence-electron chi connectivity index (χ1n) is 6.44. The number of nitrogens with one attached hydrogen (secondary N) is 1. The van der Waals surface area contributed by atoms with Crippen LogP contribution in [0.1, 0.15) is 52.4 Å². The topological polar surface area (TPSA) is 21.3 Å². The van der Waals surface area contributed by atoms with Gasteiger partial charge in [0, 0.05) is 6.04 Å². The van der Waals surface area contributed by atoms with Gasteiger partial charge in [0.2, 0.25) is 0 Å². The van der Waals surface area contributed by atoms with Crippen LogP contribution in [0.15, 0.2) is 0 Å². The van der Waals surface area contributed by atoms with Gasteiger partial charge in [0.25, 0.3) is 0 Å². The van der Waals surface area contributed by atoms with Crippen LogP contribution in [0.4, 0.5) is 0 Å². The van der Waals surface area contributed by atoms with Gasteiger partial charge in [0.15, 0.2) is 0 Å². The van der Waals surface area contributed by atoms with E-state index >= 15 is 0 Å². The molecule has 0 aromatic heterocycles. The Bertz CT molecular complexity index is 215. The van der Waals surface area contributed by atoms with Crippen molar-refractivity contribution in [2.75, 3.05) is 7.05 Å². The standard InChI is InChI=1S/C13H25NO/c1-13(2)7-6-12(15-13)9-10-4-5-11(8-10)14-3/h10-12,14H,4-9H2,1-3H3. The van der Waals surface area contributed by atoms with Gasteiger partial charge in [-0.2, -0.15) is 0 Å². The zero-order valence-corrected chi connectivity index (χ0v) is 10.4. The highest BCUT2D eigenvalue weighted by Gasteiger charge is 2.34. The highest BCUT2D eigenvalue weighted by Crippen LogP contribution is 2.36. The van der Waals surface area contributed by atoms with Crippen LogP contribution in [0.3, 0.4) is 0 Å². The molecule has 88 valence electrons. The van der Waals surface area contributed by atoms with E-state index in [2.05, 4.69) is 26.2 Å². The average molecular weight is 211 g/mol. The van der Waals surface area contributed by atoms with Gasteiger partial charge < -0.3 is 10.1 Å². The molecule has 1 saturated heterocycles. The Morgan fingerprint density at radius 1 is 1.27 bits per heavy atom. The van der Waals surface area contributed by atoms with E-state index in [1.165, 1.54) is 38.5 Å². The average Bonchev–Trinajstić information content (AvgIpc) is 2.73. The van der Waals surface area contributed by atoms with Crippen molar-refractivity contribution in [3.05, 3.63) is 0 Å². The molecule has 0 bridgehead atoms. The third kappa shape index (κ3) is 2.94. The van der Waals surface area contributed by atoms with Crippen molar-refractivity contribution in [3.8, 4) is 0 Å². The first kappa shape index (κ1) is 11.4. The summed E-state index contributed by atoms with van der Waals surface area (Å²) < 4.78 is 6.06. The molecule has 1 heterocycles. The molecule has 2 fully saturated rings. The molecule has 0 aromatic rings. The van der Waals surface area contributed by atoms with E-state index in [0.29, 0.717) is 6.10 Å². The van der Waals surface area contributed by atoms with Crippen LogP contribution in [-0.4, -0.2) is 24.8 Å². The van der Waals surface area contributed by atoms with Crippen molar-refractivity contribution in [2.45, 2.75) is 70.1 Å². The SMILES string of the molecule is CNC1CCC(CC2CCC(C)(C)O2)C1. The molecule has 1 aliphatic heterocycles. The summed E-state index contributed by atoms with van der Waals surface area (Å²) in [6, 6.07) is 0.768. The van der Waals surface area contributed by atoms with Crippen LogP contribution in [0.5, 0.6) is 0 Å². The van der Waals surface area contributed by atoms with Crippen LogP contribution in [0, 0.1) is 5.92 Å². The van der Waals surface area contributed by atoms with Gasteiger partial charge in [-0.1, -0.05) is 0 Å². The smallest absolute Gasteiger partial charge is 0.0631 e. The van der Waals surface area contributed by atoms with Gasteiger partial charge in [-0.15, -0.1) is 0 Å². The quantitative estimate of drug-likeness (QED) is 0.775. The monoisotopic (exact) mass is 211 g/mol. The molecule has 2 nitrogen and oxygen atoms in total. The molecule has 3 unspecified atom stereocenters. The van der Waals surface area contributed by atoms with Gasteiger partial charge >= 0.3 is 0 Å². The fourth-order valence-corrected chi connectivity index (χ4v) is 3.17. The minimum atomic E-state index is 0.145. The van der Waals surface area contributed by atoms with Crippen LogP contribution in [0.25, 0.3) is 0 Å². The second-order valence-electron chi connectivity index (χ2n) is 5.94. The third-order valence-electron chi connectivity index (χ3n) is 4.10. The van der Waals surface area contributed by atoms with E-state index in [1.807, 2.05) is 0 Å². The predicted molar refractivity (Wildman–Crippen MR) is 63.0 cm³/mol. The van der Waals surface area contributed by atoms with E-state index < -0.39 is 0 Å². The Morgan fingerprint density at radius 3 is 2.60 bits per heavy atom. The van der Waals surface area contributed by atoms with Gasteiger partial charge in [-0.05, 0) is 65.3 Å². The molecule has 1 N–H and O–H groups in total. The minimum Gasteiger partial charge on any atom is -0.372 e. The molecule has 1 saturated carbocycles. The summed E-state index contributed by atoms with van der Waals surface area (Å²) in [4.78, 5) is 0. The molecule has 0 spiro atoms. The molecule has 0 amide bonds. The zero-order chi connectivity index (χ0) is 10.9. The van der Waals surface area contributed by atoms with E-state index in [1.54, 1.807) is 0 Å². The van der Waals surface area contributed by atoms with Crippen LogP contribution in [-0.2, 0) is 4.74 Å². The van der Waals surface area contributed by atoms with Crippen molar-refractivity contribution in [1.29, 1.82) is 0 Å². The third-order valence-corrected chi connectivity index (χ3v) is 4.10. The molecule has 2 aliphatic rings. The number of hydrogen-bond donors (Lipinski definition) is 1. The lowest BCUT2D eigenvalue weighted by Crippen LogP contribution is -2.23. The van der Waals surface area contributed by atoms with E-state index in [-0.39, 0.29) is 5.60 Å². The van der Waals surface area contributed by atoms with Crippen molar-refractivity contribution in [3.63, 3.8) is 0 Å². The fraction of sp³-hybridized carbons (Fsp3) is 1.00. The highest BCUT2D eigenvalue weighted by atomic mass is 16.5. The van der Waals surface area contributed by atoms with Crippen molar-refractivity contribution in [1.82, 2.24) is 5.32 Å². The first-order valence-corrected chi connectivity index (χ1v) is 6.44. The molecule has 2 rings (SSSR count). The lowest BCUT2D eigenvalue weighted by molar-refractivity contribution is -0.0242. The van der Waals surface area contributed by atoms with Crippen molar-refractivity contribution in [2.24, 2.45) is 5.92 Å². The lowest BCUT2D eigenvalue weighted by Gasteiger charge is -2.21. The minimum absolute atomic E-state index is 0.145. The summed E-state index contributed by atoms with van der Waals surface area (Å²) in [5, 5.41) is 3.39. The first-order chi connectivity index (χ1) is 7.09. The van der Waals surface area contributed by atoms with Crippen LogP contribution >= 0.6 is 0 Å². The molecule has 15 heavy (non-hydrogen) atoms. The Kier molecular flexibility index (Phi) is 3.36. The van der Waals surface area contributed by atoms with Gasteiger partial charge in [0.1, 0.15) is 0 Å². The summed E-state index contributed by atoms with van der Waals surface area (Å²) in [6.45, 7) is 4.44. The predicted octanol–water partition coefficient (Wildman–Crippen LogP) is 2.72. The zero-order valence-electron chi connectivity index (χ0n) is 10.4. The Morgan fingerprint density at radius 2 is 2.07 bits per heavy atom. The molecular formula is C13H25NO. The maximum Gasteiger partial charge on any atom is 0.0631 e. The van der Waals surface area contributed by atoms with Crippen LogP contribution in [0.2, 0.25) is 0 Å². The second kappa shape index (κ2) is 4.42. The maximum atomic E-state index is 6.06. The summed E-state index contributed by atoms with van der Waals surface area (Å²) in [6.07, 6.45) is 8.45. The number of rotatable bonds is 3. The summed E-state index contributed by atoms with van der Waals surface area (Å²) >= 11 is 0. The van der Waals surface area contributed by atoms with Crippen molar-refractivity contribution < 1.29 is 4.74 Å². The van der Waals surface area contributed by atoms with E-state index in [0.717, 1.165) is 12.0 Å². The molecular weight excluding hydrogens is 186 g/mol. The molecule has 2 heteroatoms. The van der Waals surface area contributed by atoms with Gasteiger partial charge in [-0.25, -0.2) is 0 Å². The molecule has 0 aromatic carbocycles. The lowest BCUT2D eigenvalue weighted by atomic mass is 9.97. The second-order valence-corrected chi connectivity index (χ2v) is 5.94. The van der Waals surface area contributed by atoms with Crippen LogP contribution < -0.4 is 5.32 Å². The highest BCUT2D eigenvalue weighted by molar-refractivity contribution is 4.86. The van der Waals surface area contributed by atoms with Crippen molar-refractivity contribution >= 4 is 0 Å². The van der Waals surface area contributed by atoms with Gasteiger partial charge in [-0.3, -0.25) is 0 Å². The Labute approximate surface area is 93.8 Å². The molecule has 1 aliphatic carbocycles. The summed E-state index contributed by atoms with van der Waals surface area (Å²) in [7, 11) is 2.09. The summed E-state index contributed by atoms with van der Waals surface area (Å²) in [5.41, 5.74) is 0.145. The Hall–Kier alpha value is -0.0800. The normalized spacial score (nSPS) is 39.8. The fourth-order valence-electron chi connectivity index (χ4n) is 3.17. The molecule has 0 radical (unpaired) electrons. The summed E-state index contributed by atoms with van der Waals surface area (Å²) in [5.74, 6) is 0.904. The Balaban J connectivity index is 1.74. The largest absolute Gasteiger partial charge is 0.372 e. The van der Waals surface area contributed by atoms with Gasteiger partial charge in [0.05, 0.1) is 11.7 Å². The number of ether oxygens (including phenoxy) is 1. The van der Waals surface area contributed by atoms with E-state index in [4.69, 9.17) is 4.74 Å². The molecule has 3 atom stereocenters. The number of hydrogen-bond acceptors (Lipinski definition) is 2.